The van der Waals surface area contributed by atoms with Crippen LogP contribution in [0.1, 0.15) is 0 Å². The lowest BCUT2D eigenvalue weighted by Crippen LogP contribution is -1.66. The van der Waals surface area contributed by atoms with Crippen LogP contribution in [0.4, 0.5) is 5.69 Å². The number of nitrogens with one attached hydrogen (secondary N) is 1. The van der Waals surface area contributed by atoms with Gasteiger partial charge in [-0.15, -0.1) is 0 Å². The number of hydrogen-bond donors (Lipinski definition) is 1. The third-order valence-corrected chi connectivity index (χ3v) is 1.80. The summed E-state index contributed by atoms with van der Waals surface area (Å²) in [4.78, 5) is 6.98. The molecule has 1 N–H and O–H groups in total. The zero-order chi connectivity index (χ0) is 8.39. The highest BCUT2D eigenvalue weighted by Gasteiger charge is 1.93. The Kier molecular flexibility index (Phi) is 1.74. The SMILES string of the molecule is S=C=Nc1ccc2cc[nH]c2c1. The molecule has 0 radical (unpaired) electrons. The van der Waals surface area contributed by atoms with Crippen LogP contribution in [0.3, 0.4) is 0 Å². The van der Waals surface area contributed by atoms with Crippen molar-refractivity contribution in [1.82, 2.24) is 4.98 Å². The van der Waals surface area contributed by atoms with Crippen molar-refractivity contribution < 1.29 is 0 Å². The number of aromatic nitrogens is 1. The van der Waals surface area contributed by atoms with Gasteiger partial charge in [0.25, 0.3) is 0 Å². The van der Waals surface area contributed by atoms with E-state index in [1.807, 2.05) is 30.5 Å². The third-order valence-electron chi connectivity index (χ3n) is 1.71. The second kappa shape index (κ2) is 2.89. The van der Waals surface area contributed by atoms with E-state index in [0.717, 1.165) is 11.2 Å². The quantitative estimate of drug-likeness (QED) is 0.522. The van der Waals surface area contributed by atoms with Gasteiger partial charge >= 0.3 is 0 Å². The number of isothiocyanates is 1. The molecule has 0 unspecified atom stereocenters. The third kappa shape index (κ3) is 1.16. The minimum Gasteiger partial charge on any atom is -0.361 e. The molecule has 0 aliphatic heterocycles. The van der Waals surface area contributed by atoms with Crippen molar-refractivity contribution in [3.63, 3.8) is 0 Å². The molecular formula is C9H6N2S. The fraction of sp³-hybridized carbons (Fsp3) is 0. The highest BCUT2D eigenvalue weighted by Crippen LogP contribution is 2.19. The van der Waals surface area contributed by atoms with E-state index in [2.05, 4.69) is 27.4 Å². The molecule has 1 heterocycles. The van der Waals surface area contributed by atoms with Gasteiger partial charge in [-0.3, -0.25) is 0 Å². The summed E-state index contributed by atoms with van der Waals surface area (Å²) in [5.41, 5.74) is 1.90. The summed E-state index contributed by atoms with van der Waals surface area (Å²) in [7, 11) is 0. The summed E-state index contributed by atoms with van der Waals surface area (Å²) in [6.07, 6.45) is 1.90. The normalized spacial score (nSPS) is 9.67. The zero-order valence-electron chi connectivity index (χ0n) is 6.24. The van der Waals surface area contributed by atoms with E-state index in [-0.39, 0.29) is 0 Å². The predicted octanol–water partition coefficient (Wildman–Crippen LogP) is 2.90. The van der Waals surface area contributed by atoms with Gasteiger partial charge in [0.15, 0.2) is 0 Å². The van der Waals surface area contributed by atoms with Crippen LogP contribution < -0.4 is 0 Å². The minimum atomic E-state index is 0.833. The summed E-state index contributed by atoms with van der Waals surface area (Å²) in [6.45, 7) is 0. The van der Waals surface area contributed by atoms with Crippen molar-refractivity contribution in [3.05, 3.63) is 30.5 Å². The molecule has 12 heavy (non-hydrogen) atoms. The first-order valence-electron chi connectivity index (χ1n) is 3.55. The Labute approximate surface area is 74.9 Å². The van der Waals surface area contributed by atoms with E-state index in [4.69, 9.17) is 0 Å². The second-order valence-electron chi connectivity index (χ2n) is 2.45. The molecule has 58 valence electrons. The van der Waals surface area contributed by atoms with Crippen molar-refractivity contribution in [2.75, 3.05) is 0 Å². The largest absolute Gasteiger partial charge is 0.361 e. The summed E-state index contributed by atoms with van der Waals surface area (Å²) >= 11 is 4.51. The number of aliphatic imine (C=N–C) groups is 1. The fourth-order valence-corrected chi connectivity index (χ4v) is 1.26. The molecule has 3 heteroatoms. The average Bonchev–Trinajstić information content (AvgIpc) is 2.51. The van der Waals surface area contributed by atoms with Crippen LogP contribution in [0.5, 0.6) is 0 Å². The molecule has 0 atom stereocenters. The maximum absolute atomic E-state index is 4.51. The van der Waals surface area contributed by atoms with Crippen LogP contribution in [-0.4, -0.2) is 10.1 Å². The van der Waals surface area contributed by atoms with E-state index >= 15 is 0 Å². The molecule has 0 fully saturated rings. The Hall–Kier alpha value is -1.44. The smallest absolute Gasteiger partial charge is 0.0760 e. The number of benzene rings is 1. The molecule has 0 saturated carbocycles. The summed E-state index contributed by atoms with van der Waals surface area (Å²) in [5, 5.41) is 3.51. The lowest BCUT2D eigenvalue weighted by molar-refractivity contribution is 1.47. The van der Waals surface area contributed by atoms with Gasteiger partial charge in [-0.25, -0.2) is 0 Å². The van der Waals surface area contributed by atoms with Gasteiger partial charge in [-0.1, -0.05) is 6.07 Å². The predicted molar refractivity (Wildman–Crippen MR) is 53.0 cm³/mol. The summed E-state index contributed by atoms with van der Waals surface area (Å²) in [5.74, 6) is 0. The average molecular weight is 174 g/mol. The van der Waals surface area contributed by atoms with Crippen molar-refractivity contribution in [1.29, 1.82) is 0 Å². The lowest BCUT2D eigenvalue weighted by atomic mass is 10.2. The Balaban J connectivity index is 2.67. The lowest BCUT2D eigenvalue weighted by Gasteiger charge is -1.90. The number of fused-ring (bicyclic) bond motifs is 1. The Bertz CT molecular complexity index is 452. The molecule has 0 saturated heterocycles. The molecule has 0 spiro atoms. The monoisotopic (exact) mass is 174 g/mol. The number of rotatable bonds is 1. The second-order valence-corrected chi connectivity index (χ2v) is 2.63. The fourth-order valence-electron chi connectivity index (χ4n) is 1.16. The van der Waals surface area contributed by atoms with Crippen LogP contribution >= 0.6 is 12.2 Å². The van der Waals surface area contributed by atoms with Gasteiger partial charge in [0.2, 0.25) is 0 Å². The molecule has 0 aliphatic carbocycles. The maximum atomic E-state index is 4.51. The van der Waals surface area contributed by atoms with Crippen molar-refractivity contribution in [2.24, 2.45) is 4.99 Å². The molecule has 1 aromatic carbocycles. The number of thiocarbonyl (C=S) groups is 1. The van der Waals surface area contributed by atoms with Gasteiger partial charge in [-0.2, -0.15) is 4.99 Å². The first-order valence-corrected chi connectivity index (χ1v) is 3.96. The van der Waals surface area contributed by atoms with Crippen LogP contribution in [-0.2, 0) is 0 Å². The van der Waals surface area contributed by atoms with Gasteiger partial charge in [-0.05, 0) is 35.8 Å². The number of aromatic amines is 1. The van der Waals surface area contributed by atoms with E-state index < -0.39 is 0 Å². The van der Waals surface area contributed by atoms with E-state index in [9.17, 15) is 0 Å². The van der Waals surface area contributed by atoms with Crippen LogP contribution in [0.15, 0.2) is 35.5 Å². The van der Waals surface area contributed by atoms with Gasteiger partial charge in [0.1, 0.15) is 0 Å². The first kappa shape index (κ1) is 7.22. The van der Waals surface area contributed by atoms with E-state index in [0.29, 0.717) is 0 Å². The van der Waals surface area contributed by atoms with Crippen LogP contribution in [0.25, 0.3) is 10.9 Å². The first-order chi connectivity index (χ1) is 5.90. The number of nitrogens with zero attached hydrogens (tertiary/aromatic N) is 1. The molecule has 2 nitrogen and oxygen atoms in total. The highest BCUT2D eigenvalue weighted by atomic mass is 32.1. The highest BCUT2D eigenvalue weighted by molar-refractivity contribution is 7.78. The Morgan fingerprint density at radius 1 is 1.33 bits per heavy atom. The standard InChI is InChI=1S/C9H6N2S/c12-6-11-8-2-1-7-3-4-10-9(7)5-8/h1-5,10H. The molecule has 2 rings (SSSR count). The summed E-state index contributed by atoms with van der Waals surface area (Å²) in [6, 6.07) is 7.86. The molecule has 2 aromatic rings. The van der Waals surface area contributed by atoms with Crippen molar-refractivity contribution in [2.45, 2.75) is 0 Å². The Morgan fingerprint density at radius 3 is 3.08 bits per heavy atom. The van der Waals surface area contributed by atoms with Gasteiger partial charge < -0.3 is 4.98 Å². The van der Waals surface area contributed by atoms with Gasteiger partial charge in [0, 0.05) is 11.7 Å². The van der Waals surface area contributed by atoms with E-state index in [1.165, 1.54) is 5.39 Å². The molecule has 0 aliphatic rings. The minimum absolute atomic E-state index is 0.833. The van der Waals surface area contributed by atoms with Crippen LogP contribution in [0.2, 0.25) is 0 Å². The molecular weight excluding hydrogens is 168 g/mol. The zero-order valence-corrected chi connectivity index (χ0v) is 7.06. The Morgan fingerprint density at radius 2 is 2.25 bits per heavy atom. The van der Waals surface area contributed by atoms with E-state index in [1.54, 1.807) is 0 Å². The van der Waals surface area contributed by atoms with Crippen molar-refractivity contribution >= 4 is 34.0 Å². The molecule has 1 aromatic heterocycles. The molecule has 0 bridgehead atoms. The van der Waals surface area contributed by atoms with Gasteiger partial charge in [0.05, 0.1) is 10.8 Å². The van der Waals surface area contributed by atoms with Crippen molar-refractivity contribution in [3.8, 4) is 0 Å². The number of H-pyrrole nitrogens is 1. The topological polar surface area (TPSA) is 28.1 Å². The number of hydrogen-bond acceptors (Lipinski definition) is 2. The summed E-state index contributed by atoms with van der Waals surface area (Å²) < 4.78 is 0. The van der Waals surface area contributed by atoms with Crippen LogP contribution in [0, 0.1) is 0 Å². The maximum Gasteiger partial charge on any atom is 0.0760 e. The molecule has 0 amide bonds.